The third-order valence-corrected chi connectivity index (χ3v) is 12.8. The number of halogens is 1. The first-order chi connectivity index (χ1) is 24.9. The Morgan fingerprint density at radius 2 is 1.40 bits per heavy atom. The smallest absolute Gasteiger partial charge is 0.134 e. The van der Waals surface area contributed by atoms with E-state index in [4.69, 9.17) is 11.6 Å². The Morgan fingerprint density at radius 3 is 2.08 bits per heavy atom. The van der Waals surface area contributed by atoms with Crippen molar-refractivity contribution in [1.29, 1.82) is 0 Å². The largest absolute Gasteiger partial charge is 0.748 e. The summed E-state index contributed by atoms with van der Waals surface area (Å²) in [6, 6.07) is 26.6. The van der Waals surface area contributed by atoms with E-state index in [0.717, 1.165) is 52.5 Å². The average molecular weight is 778 g/mol. The number of hydrogen-bond acceptors (Lipinski definition) is 7. The van der Waals surface area contributed by atoms with Gasteiger partial charge in [-0.25, -0.2) is 16.8 Å². The summed E-state index contributed by atoms with van der Waals surface area (Å²) >= 11 is 6.92. The third kappa shape index (κ3) is 9.79. The SMILES string of the molecule is CC1(C)/C(=C/C2=C(Cl)C(=C/[NH2+]c3ccccc3)/CCC2)N(CCCS(=O)(=O)[O-])c2ccccc21.CC1=C(CCCS(=O)(=O)[O-])c2ccccc2C1(C)C. The third-order valence-electron chi connectivity index (χ3n) is 10.8. The van der Waals surface area contributed by atoms with Crippen molar-refractivity contribution in [3.63, 3.8) is 0 Å². The molecule has 8 nitrogen and oxygen atoms in total. The lowest BCUT2D eigenvalue weighted by Crippen LogP contribution is -2.71. The van der Waals surface area contributed by atoms with Crippen LogP contribution in [0.4, 0.5) is 11.4 Å². The highest BCUT2D eigenvalue weighted by Gasteiger charge is 2.40. The number of benzene rings is 3. The van der Waals surface area contributed by atoms with Gasteiger partial charge in [0.1, 0.15) is 11.9 Å². The first-order valence-corrected chi connectivity index (χ1v) is 21.7. The monoisotopic (exact) mass is 777 g/mol. The number of nitrogens with zero attached hydrogens (tertiary/aromatic N) is 1. The highest BCUT2D eigenvalue weighted by Crippen LogP contribution is 2.49. The summed E-state index contributed by atoms with van der Waals surface area (Å²) in [4.78, 5) is 2.16. The molecule has 0 fully saturated rings. The van der Waals surface area contributed by atoms with Crippen molar-refractivity contribution < 1.29 is 31.3 Å². The predicted octanol–water partition coefficient (Wildman–Crippen LogP) is 8.14. The molecule has 0 atom stereocenters. The van der Waals surface area contributed by atoms with E-state index < -0.39 is 20.2 Å². The van der Waals surface area contributed by atoms with Crippen LogP contribution < -0.4 is 10.2 Å². The van der Waals surface area contributed by atoms with Crippen LogP contribution in [0.1, 0.15) is 89.8 Å². The molecule has 0 saturated heterocycles. The van der Waals surface area contributed by atoms with Gasteiger partial charge in [-0.1, -0.05) is 106 Å². The maximum absolute atomic E-state index is 11.2. The van der Waals surface area contributed by atoms with Crippen molar-refractivity contribution in [2.75, 3.05) is 23.0 Å². The van der Waals surface area contributed by atoms with Crippen LogP contribution >= 0.6 is 11.6 Å². The van der Waals surface area contributed by atoms with E-state index in [1.165, 1.54) is 27.8 Å². The van der Waals surface area contributed by atoms with Crippen LogP contribution in [-0.2, 0) is 31.1 Å². The summed E-state index contributed by atoms with van der Waals surface area (Å²) in [7, 11) is -8.36. The second-order valence-corrected chi connectivity index (χ2v) is 18.5. The Hall–Kier alpha value is -3.51. The van der Waals surface area contributed by atoms with Gasteiger partial charge in [-0.05, 0) is 97.6 Å². The van der Waals surface area contributed by atoms with Crippen molar-refractivity contribution in [3.8, 4) is 0 Å². The first kappa shape index (κ1) is 40.7. The lowest BCUT2D eigenvalue weighted by Gasteiger charge is -2.29. The van der Waals surface area contributed by atoms with Crippen molar-refractivity contribution in [3.05, 3.63) is 135 Å². The molecule has 0 aromatic heterocycles. The molecule has 0 unspecified atom stereocenters. The Bertz CT molecular complexity index is 2170. The maximum atomic E-state index is 11.2. The summed E-state index contributed by atoms with van der Waals surface area (Å²) in [5.41, 5.74) is 11.4. The van der Waals surface area contributed by atoms with E-state index in [0.29, 0.717) is 19.4 Å². The normalized spacial score (nSPS) is 19.4. The van der Waals surface area contributed by atoms with Crippen LogP contribution in [0.15, 0.2) is 119 Å². The fourth-order valence-corrected chi connectivity index (χ4v) is 8.96. The van der Waals surface area contributed by atoms with E-state index in [9.17, 15) is 25.9 Å². The zero-order valence-corrected chi connectivity index (χ0v) is 33.6. The molecule has 2 N–H and O–H groups in total. The van der Waals surface area contributed by atoms with E-state index in [1.54, 1.807) is 0 Å². The molecule has 3 aliphatic rings. The maximum Gasteiger partial charge on any atom is 0.134 e. The minimum absolute atomic E-state index is 0.0116. The number of allylic oxidation sites excluding steroid dienone is 7. The molecule has 11 heteroatoms. The molecular weight excluding hydrogens is 728 g/mol. The van der Waals surface area contributed by atoms with Crippen LogP contribution in [0.3, 0.4) is 0 Å². The lowest BCUT2D eigenvalue weighted by molar-refractivity contribution is -0.497. The second kappa shape index (κ2) is 16.5. The predicted molar refractivity (Wildman–Crippen MR) is 213 cm³/mol. The molecule has 284 valence electrons. The molecule has 0 saturated carbocycles. The highest BCUT2D eigenvalue weighted by atomic mass is 35.5. The average Bonchev–Trinajstić information content (AvgIpc) is 3.43. The van der Waals surface area contributed by atoms with E-state index in [-0.39, 0.29) is 28.8 Å². The Balaban J connectivity index is 0.000000241. The number of rotatable bonds is 11. The van der Waals surface area contributed by atoms with Crippen LogP contribution in [0.5, 0.6) is 0 Å². The molecule has 3 aromatic carbocycles. The number of hydrogen-bond donors (Lipinski definition) is 1. The van der Waals surface area contributed by atoms with Crippen LogP contribution in [0, 0.1) is 0 Å². The minimum atomic E-state index is -4.25. The van der Waals surface area contributed by atoms with Gasteiger partial charge in [0.15, 0.2) is 0 Å². The van der Waals surface area contributed by atoms with Gasteiger partial charge in [0.25, 0.3) is 0 Å². The van der Waals surface area contributed by atoms with Gasteiger partial charge >= 0.3 is 0 Å². The highest BCUT2D eigenvalue weighted by molar-refractivity contribution is 7.85. The van der Waals surface area contributed by atoms with Gasteiger partial charge in [-0.15, -0.1) is 0 Å². The standard InChI is InChI=1S/C27H31ClN2O3S.C15H20O3S/c1-27(2)23-14-6-7-15-24(23)30(16-9-17-34(31,32)33)25(27)18-20-10-8-11-21(26(20)28)19-29-22-12-4-3-5-13-22;1-11-12(8-6-10-19(16,17)18)13-7-4-5-9-14(13)15(11,2)3/h3-7,12-15,18-19,29H,8-11,16-17H2,1-2H3,(H,31,32,33);4-5,7,9H,6,8,10H2,1-3H3,(H,16,17,18)/p-1/b21-19+,25-18-;. The van der Waals surface area contributed by atoms with Crippen molar-refractivity contribution >= 4 is 48.8 Å². The summed E-state index contributed by atoms with van der Waals surface area (Å²) in [5.74, 6) is -0.655. The quantitative estimate of drug-likeness (QED) is 0.154. The number of anilines is 1. The Morgan fingerprint density at radius 1 is 0.792 bits per heavy atom. The van der Waals surface area contributed by atoms with Crippen LogP contribution in [0.2, 0.25) is 0 Å². The first-order valence-electron chi connectivity index (χ1n) is 18.1. The molecule has 0 bridgehead atoms. The van der Waals surface area contributed by atoms with Gasteiger partial charge < -0.3 is 14.0 Å². The van der Waals surface area contributed by atoms with Crippen molar-refractivity contribution in [1.82, 2.24) is 0 Å². The van der Waals surface area contributed by atoms with Gasteiger partial charge in [0.2, 0.25) is 0 Å². The Kier molecular flexibility index (Phi) is 12.6. The van der Waals surface area contributed by atoms with E-state index in [2.05, 4.69) is 93.5 Å². The number of para-hydroxylation sites is 2. The van der Waals surface area contributed by atoms with E-state index >= 15 is 0 Å². The lowest BCUT2D eigenvalue weighted by atomic mass is 9.82. The molecule has 53 heavy (non-hydrogen) atoms. The number of fused-ring (bicyclic) bond motifs is 2. The molecule has 0 amide bonds. The zero-order chi connectivity index (χ0) is 38.6. The van der Waals surface area contributed by atoms with E-state index in [1.807, 2.05) is 42.5 Å². The summed E-state index contributed by atoms with van der Waals surface area (Å²) in [5, 5.41) is 2.89. The fraction of sp³-hybridized carbons (Fsp3) is 0.381. The fourth-order valence-electron chi connectivity index (χ4n) is 7.67. The number of nitrogens with two attached hydrogens (primary N) is 1. The Labute approximate surface area is 320 Å². The van der Waals surface area contributed by atoms with Gasteiger partial charge in [0.05, 0.1) is 25.3 Å². The summed E-state index contributed by atoms with van der Waals surface area (Å²) < 4.78 is 65.7. The van der Waals surface area contributed by atoms with Gasteiger partial charge in [-0.3, -0.25) is 5.32 Å². The molecule has 2 aliphatic carbocycles. The zero-order valence-electron chi connectivity index (χ0n) is 31.2. The molecular formula is C42H50ClN2O6S2-. The minimum Gasteiger partial charge on any atom is -0.748 e. The molecule has 0 spiro atoms. The topological polar surface area (TPSA) is 134 Å². The van der Waals surface area contributed by atoms with Gasteiger partial charge in [-0.2, -0.15) is 0 Å². The molecule has 3 aromatic rings. The van der Waals surface area contributed by atoms with Gasteiger partial charge in [0, 0.05) is 45.8 Å². The van der Waals surface area contributed by atoms with Crippen LogP contribution in [-0.4, -0.2) is 44.0 Å². The summed E-state index contributed by atoms with van der Waals surface area (Å²) in [6.45, 7) is 11.3. The molecule has 0 radical (unpaired) electrons. The van der Waals surface area contributed by atoms with Crippen molar-refractivity contribution in [2.24, 2.45) is 0 Å². The van der Waals surface area contributed by atoms with Crippen molar-refractivity contribution in [2.45, 2.75) is 84.0 Å². The molecule has 1 aliphatic heterocycles. The second-order valence-electron chi connectivity index (χ2n) is 15.0. The number of quaternary nitrogens is 1. The summed E-state index contributed by atoms with van der Waals surface area (Å²) in [6.07, 6.45) is 8.45. The molecule has 1 heterocycles. The van der Waals surface area contributed by atoms with Crippen LogP contribution in [0.25, 0.3) is 5.57 Å². The molecule has 6 rings (SSSR count).